The number of hydrogen-bond donors (Lipinski definition) is 3. The third-order valence-corrected chi connectivity index (χ3v) is 7.23. The molecular formula is C31H30N4O5. The highest BCUT2D eigenvalue weighted by atomic mass is 16.4. The fraction of sp³-hybridized carbons (Fsp3) is 0.226. The molecule has 0 spiro atoms. The van der Waals surface area contributed by atoms with Crippen molar-refractivity contribution in [2.75, 3.05) is 24.5 Å². The molecule has 3 N–H and O–H groups in total. The molecule has 3 aromatic carbocycles. The van der Waals surface area contributed by atoms with Crippen molar-refractivity contribution < 1.29 is 24.6 Å². The molecular weight excluding hydrogens is 508 g/mol. The lowest BCUT2D eigenvalue weighted by Crippen LogP contribution is -2.37. The number of aromatic nitrogens is 1. The van der Waals surface area contributed by atoms with E-state index in [0.29, 0.717) is 53.9 Å². The lowest BCUT2D eigenvalue weighted by molar-refractivity contribution is -0.134. The maximum Gasteiger partial charge on any atom is 0.335 e. The number of aromatic amines is 1. The summed E-state index contributed by atoms with van der Waals surface area (Å²) >= 11 is 0. The van der Waals surface area contributed by atoms with Crippen molar-refractivity contribution in [1.82, 2.24) is 9.88 Å². The van der Waals surface area contributed by atoms with Gasteiger partial charge in [-0.3, -0.25) is 9.59 Å². The van der Waals surface area contributed by atoms with Crippen LogP contribution in [0.2, 0.25) is 0 Å². The summed E-state index contributed by atoms with van der Waals surface area (Å²) in [6.07, 6.45) is 0.476. The number of carboxylic acids is 1. The molecule has 5 rings (SSSR count). The minimum atomic E-state index is -1.06. The lowest BCUT2D eigenvalue weighted by Gasteiger charge is -2.21. The minimum absolute atomic E-state index is 0.106. The SMILES string of the molecule is CCN(CC)C(=O)CC(=O)N1CCc2cc(N=C(c3ccccc3)c3c(O)[nH]c4cc(C(=O)O)ccc34)ccc21. The predicted octanol–water partition coefficient (Wildman–Crippen LogP) is 4.89. The minimum Gasteiger partial charge on any atom is -0.494 e. The van der Waals surface area contributed by atoms with E-state index in [1.165, 1.54) is 12.1 Å². The van der Waals surface area contributed by atoms with E-state index in [9.17, 15) is 24.6 Å². The van der Waals surface area contributed by atoms with Crippen molar-refractivity contribution in [3.05, 3.63) is 89.0 Å². The number of aromatic carboxylic acids is 1. The number of amides is 2. The Labute approximate surface area is 231 Å². The maximum atomic E-state index is 13.0. The molecule has 9 nitrogen and oxygen atoms in total. The third kappa shape index (κ3) is 5.05. The van der Waals surface area contributed by atoms with Gasteiger partial charge in [-0.2, -0.15) is 0 Å². The number of fused-ring (bicyclic) bond motifs is 2. The fourth-order valence-corrected chi connectivity index (χ4v) is 5.18. The van der Waals surface area contributed by atoms with Crippen molar-refractivity contribution in [3.63, 3.8) is 0 Å². The second kappa shape index (κ2) is 11.1. The topological polar surface area (TPSA) is 126 Å². The number of anilines is 1. The Balaban J connectivity index is 1.52. The van der Waals surface area contributed by atoms with Crippen LogP contribution in [-0.4, -0.2) is 63.2 Å². The number of H-pyrrole nitrogens is 1. The smallest absolute Gasteiger partial charge is 0.335 e. The zero-order chi connectivity index (χ0) is 28.4. The highest BCUT2D eigenvalue weighted by Gasteiger charge is 2.27. The molecule has 0 saturated heterocycles. The van der Waals surface area contributed by atoms with Crippen LogP contribution in [-0.2, 0) is 16.0 Å². The lowest BCUT2D eigenvalue weighted by atomic mass is 10.00. The second-order valence-electron chi connectivity index (χ2n) is 9.59. The van der Waals surface area contributed by atoms with E-state index in [1.807, 2.05) is 62.4 Å². The van der Waals surface area contributed by atoms with Crippen LogP contribution in [0.4, 0.5) is 11.4 Å². The van der Waals surface area contributed by atoms with Gasteiger partial charge in [-0.15, -0.1) is 0 Å². The Morgan fingerprint density at radius 2 is 1.73 bits per heavy atom. The number of benzene rings is 3. The van der Waals surface area contributed by atoms with Crippen LogP contribution in [0, 0.1) is 0 Å². The second-order valence-corrected chi connectivity index (χ2v) is 9.59. The van der Waals surface area contributed by atoms with Crippen molar-refractivity contribution in [3.8, 4) is 5.88 Å². The number of nitrogens with one attached hydrogen (secondary N) is 1. The highest BCUT2D eigenvalue weighted by Crippen LogP contribution is 2.35. The number of carboxylic acid groups (broad SMARTS) is 1. The number of carbonyl (C=O) groups is 3. The zero-order valence-electron chi connectivity index (χ0n) is 22.3. The van der Waals surface area contributed by atoms with Crippen LogP contribution in [0.5, 0.6) is 5.88 Å². The molecule has 0 atom stereocenters. The highest BCUT2D eigenvalue weighted by molar-refractivity contribution is 6.22. The van der Waals surface area contributed by atoms with Crippen molar-refractivity contribution in [2.24, 2.45) is 4.99 Å². The van der Waals surface area contributed by atoms with E-state index in [4.69, 9.17) is 4.99 Å². The van der Waals surface area contributed by atoms with Gasteiger partial charge in [0, 0.05) is 41.8 Å². The fourth-order valence-electron chi connectivity index (χ4n) is 5.18. The first kappa shape index (κ1) is 26.7. The first-order chi connectivity index (χ1) is 19.3. The maximum absolute atomic E-state index is 13.0. The molecule has 204 valence electrons. The normalized spacial score (nSPS) is 12.9. The Kier molecular flexibility index (Phi) is 7.37. The van der Waals surface area contributed by atoms with Crippen molar-refractivity contribution in [2.45, 2.75) is 26.7 Å². The first-order valence-corrected chi connectivity index (χ1v) is 13.2. The summed E-state index contributed by atoms with van der Waals surface area (Å²) in [5, 5.41) is 20.9. The van der Waals surface area contributed by atoms with Gasteiger partial charge >= 0.3 is 5.97 Å². The summed E-state index contributed by atoms with van der Waals surface area (Å²) < 4.78 is 0. The molecule has 40 heavy (non-hydrogen) atoms. The van der Waals surface area contributed by atoms with E-state index in [0.717, 1.165) is 16.8 Å². The number of nitrogens with zero attached hydrogens (tertiary/aromatic N) is 3. The van der Waals surface area contributed by atoms with Gasteiger partial charge in [0.1, 0.15) is 6.42 Å². The molecule has 0 bridgehead atoms. The average molecular weight is 539 g/mol. The Bertz CT molecular complexity index is 1640. The van der Waals surface area contributed by atoms with Gasteiger partial charge in [0.05, 0.1) is 22.5 Å². The van der Waals surface area contributed by atoms with Crippen LogP contribution >= 0.6 is 0 Å². The predicted molar refractivity (Wildman–Crippen MR) is 154 cm³/mol. The summed E-state index contributed by atoms with van der Waals surface area (Å²) in [4.78, 5) is 48.1. The molecule has 0 radical (unpaired) electrons. The molecule has 0 unspecified atom stereocenters. The molecule has 0 fully saturated rings. The van der Waals surface area contributed by atoms with Gasteiger partial charge in [0.25, 0.3) is 0 Å². The monoisotopic (exact) mass is 538 g/mol. The Morgan fingerprint density at radius 3 is 2.42 bits per heavy atom. The van der Waals surface area contributed by atoms with Crippen LogP contribution in [0.3, 0.4) is 0 Å². The molecule has 2 amide bonds. The summed E-state index contributed by atoms with van der Waals surface area (Å²) in [6.45, 7) is 5.42. The van der Waals surface area contributed by atoms with Gasteiger partial charge in [-0.1, -0.05) is 36.4 Å². The summed E-state index contributed by atoms with van der Waals surface area (Å²) in [5.41, 5.74) is 4.71. The third-order valence-electron chi connectivity index (χ3n) is 7.23. The van der Waals surface area contributed by atoms with E-state index in [-0.39, 0.29) is 29.7 Å². The van der Waals surface area contributed by atoms with Crippen molar-refractivity contribution in [1.29, 1.82) is 0 Å². The molecule has 0 aliphatic carbocycles. The molecule has 2 heterocycles. The molecule has 4 aromatic rings. The Morgan fingerprint density at radius 1 is 0.975 bits per heavy atom. The number of aromatic hydroxyl groups is 1. The molecule has 1 aliphatic rings. The van der Waals surface area contributed by atoms with Crippen LogP contribution in [0.25, 0.3) is 10.9 Å². The van der Waals surface area contributed by atoms with Gasteiger partial charge in [0.15, 0.2) is 5.88 Å². The number of rotatable bonds is 8. The number of hydrogen-bond acceptors (Lipinski definition) is 5. The summed E-state index contributed by atoms with van der Waals surface area (Å²) in [7, 11) is 0. The number of aliphatic imine (C=N–C) groups is 1. The molecule has 1 aromatic heterocycles. The number of carbonyl (C=O) groups excluding carboxylic acids is 2. The van der Waals surface area contributed by atoms with E-state index in [2.05, 4.69) is 4.98 Å². The zero-order valence-corrected chi connectivity index (χ0v) is 22.3. The van der Waals surface area contributed by atoms with Gasteiger partial charge in [-0.25, -0.2) is 9.79 Å². The Hall–Kier alpha value is -4.92. The van der Waals surface area contributed by atoms with E-state index < -0.39 is 5.97 Å². The standard InChI is InChI=1S/C31H30N4O5/c1-3-34(4-2)26(36)18-27(37)35-15-14-20-16-22(11-13-25(20)35)32-29(19-8-6-5-7-9-19)28-23-12-10-21(31(39)40)17-24(23)33-30(28)38/h5-13,16-17,33,38H,3-4,14-15,18H2,1-2H3,(H,39,40). The van der Waals surface area contributed by atoms with E-state index in [1.54, 1.807) is 15.9 Å². The first-order valence-electron chi connectivity index (χ1n) is 13.2. The quantitative estimate of drug-likeness (QED) is 0.218. The van der Waals surface area contributed by atoms with Crippen molar-refractivity contribution >= 4 is 45.8 Å². The molecule has 0 saturated carbocycles. The largest absolute Gasteiger partial charge is 0.494 e. The van der Waals surface area contributed by atoms with Gasteiger partial charge in [-0.05, 0) is 56.2 Å². The average Bonchev–Trinajstić information content (AvgIpc) is 3.52. The van der Waals surface area contributed by atoms with Gasteiger partial charge in [0.2, 0.25) is 11.8 Å². The van der Waals surface area contributed by atoms with Crippen LogP contribution in [0.1, 0.15) is 47.3 Å². The van der Waals surface area contributed by atoms with Gasteiger partial charge < -0.3 is 25.0 Å². The van der Waals surface area contributed by atoms with E-state index >= 15 is 0 Å². The summed E-state index contributed by atoms with van der Waals surface area (Å²) in [6, 6.07) is 19.7. The van der Waals surface area contributed by atoms with Crippen LogP contribution < -0.4 is 4.90 Å². The van der Waals surface area contributed by atoms with Crippen LogP contribution in [0.15, 0.2) is 71.7 Å². The summed E-state index contributed by atoms with van der Waals surface area (Å²) in [5.74, 6) is -1.57. The molecule has 1 aliphatic heterocycles. The molecule has 9 heteroatoms.